The Labute approximate surface area is 120 Å². The molecule has 20 heavy (non-hydrogen) atoms. The summed E-state index contributed by atoms with van der Waals surface area (Å²) in [5.74, 6) is 1.82. The highest BCUT2D eigenvalue weighted by atomic mass is 15.4. The van der Waals surface area contributed by atoms with E-state index in [0.29, 0.717) is 0 Å². The Morgan fingerprint density at radius 2 is 2.05 bits per heavy atom. The molecule has 5 heteroatoms. The second kappa shape index (κ2) is 5.61. The van der Waals surface area contributed by atoms with Gasteiger partial charge in [-0.05, 0) is 25.0 Å². The van der Waals surface area contributed by atoms with Crippen molar-refractivity contribution < 1.29 is 0 Å². The van der Waals surface area contributed by atoms with E-state index < -0.39 is 0 Å². The highest BCUT2D eigenvalue weighted by molar-refractivity contribution is 5.45. The zero-order chi connectivity index (χ0) is 14.8. The van der Waals surface area contributed by atoms with Crippen molar-refractivity contribution in [3.05, 3.63) is 30.6 Å². The third kappa shape index (κ3) is 2.98. The van der Waals surface area contributed by atoms with Gasteiger partial charge < -0.3 is 4.90 Å². The Morgan fingerprint density at radius 1 is 1.30 bits per heavy atom. The molecule has 0 radical (unpaired) electrons. The van der Waals surface area contributed by atoms with Gasteiger partial charge in [0, 0.05) is 19.0 Å². The molecule has 0 unspecified atom stereocenters. The van der Waals surface area contributed by atoms with Crippen LogP contribution < -0.4 is 4.90 Å². The first-order chi connectivity index (χ1) is 9.43. The van der Waals surface area contributed by atoms with Crippen molar-refractivity contribution in [2.24, 2.45) is 0 Å². The Hall–Kier alpha value is -1.91. The lowest BCUT2D eigenvalue weighted by atomic mass is 9.96. The Kier molecular flexibility index (Phi) is 4.06. The second-order valence-corrected chi connectivity index (χ2v) is 6.09. The topological polar surface area (TPSA) is 46.3 Å². The van der Waals surface area contributed by atoms with Crippen molar-refractivity contribution >= 4 is 11.5 Å². The molecule has 0 spiro atoms. The molecule has 0 N–H and O–H groups in total. The number of rotatable bonds is 5. The van der Waals surface area contributed by atoms with Gasteiger partial charge in [-0.3, -0.25) is 0 Å². The molecular formula is C15H23N5. The largest absolute Gasteiger partial charge is 0.358 e. The zero-order valence-electron chi connectivity index (χ0n) is 12.8. The number of nitrogens with zero attached hydrogens (tertiary/aromatic N) is 5. The van der Waals surface area contributed by atoms with Crippen molar-refractivity contribution in [3.63, 3.8) is 0 Å². The summed E-state index contributed by atoms with van der Waals surface area (Å²) in [5, 5.41) is 13.1. The lowest BCUT2D eigenvalue weighted by Gasteiger charge is -2.19. The molecule has 0 aliphatic carbocycles. The fourth-order valence-electron chi connectivity index (χ4n) is 2.04. The summed E-state index contributed by atoms with van der Waals surface area (Å²) in [6.45, 7) is 11.1. The van der Waals surface area contributed by atoms with E-state index >= 15 is 0 Å². The van der Waals surface area contributed by atoms with Crippen LogP contribution in [0.3, 0.4) is 0 Å². The van der Waals surface area contributed by atoms with Crippen LogP contribution in [0.15, 0.2) is 24.8 Å². The van der Waals surface area contributed by atoms with Crippen LogP contribution >= 0.6 is 0 Å². The van der Waals surface area contributed by atoms with Gasteiger partial charge in [0.2, 0.25) is 0 Å². The minimum absolute atomic E-state index is 0.0769. The monoisotopic (exact) mass is 273 g/mol. The van der Waals surface area contributed by atoms with Gasteiger partial charge in [0.05, 0.1) is 0 Å². The Balaban J connectivity index is 2.30. The fourth-order valence-corrected chi connectivity index (χ4v) is 2.04. The second-order valence-electron chi connectivity index (χ2n) is 6.09. The van der Waals surface area contributed by atoms with E-state index in [1.807, 2.05) is 22.7 Å². The quantitative estimate of drug-likeness (QED) is 0.621. The molecule has 2 rings (SSSR count). The van der Waals surface area contributed by atoms with E-state index in [1.54, 1.807) is 0 Å². The summed E-state index contributed by atoms with van der Waals surface area (Å²) in [5.41, 5.74) is 0.713. The smallest absolute Gasteiger partial charge is 0.178 e. The van der Waals surface area contributed by atoms with Crippen LogP contribution in [0.5, 0.6) is 0 Å². The van der Waals surface area contributed by atoms with Gasteiger partial charge in [-0.2, -0.15) is 4.52 Å². The summed E-state index contributed by atoms with van der Waals surface area (Å²) >= 11 is 0. The summed E-state index contributed by atoms with van der Waals surface area (Å²) < 4.78 is 1.85. The first-order valence-electron chi connectivity index (χ1n) is 6.98. The van der Waals surface area contributed by atoms with Gasteiger partial charge in [0.25, 0.3) is 0 Å². The number of allylic oxidation sites excluding steroid dienone is 1. The van der Waals surface area contributed by atoms with Gasteiger partial charge in [0.15, 0.2) is 11.5 Å². The molecular weight excluding hydrogens is 250 g/mol. The first kappa shape index (κ1) is 14.5. The maximum atomic E-state index is 4.67. The van der Waals surface area contributed by atoms with E-state index in [9.17, 15) is 0 Å². The highest BCUT2D eigenvalue weighted by Crippen LogP contribution is 2.21. The van der Waals surface area contributed by atoms with Crippen LogP contribution in [-0.4, -0.2) is 33.4 Å². The minimum atomic E-state index is -0.0769. The molecule has 0 aliphatic heterocycles. The van der Waals surface area contributed by atoms with Crippen LogP contribution in [0.25, 0.3) is 5.65 Å². The van der Waals surface area contributed by atoms with E-state index in [-0.39, 0.29) is 5.41 Å². The van der Waals surface area contributed by atoms with E-state index in [0.717, 1.165) is 36.7 Å². The van der Waals surface area contributed by atoms with E-state index in [2.05, 4.69) is 54.6 Å². The standard InChI is InChI=1S/C15H23N5/c1-6-7-8-11-19(5)13-10-9-12-16-17-14(15(2,3)4)20(12)18-13/h6,9-10H,1,7-8,11H2,2-5H3. The average molecular weight is 273 g/mol. The predicted octanol–water partition coefficient (Wildman–Crippen LogP) is 2.82. The van der Waals surface area contributed by atoms with Gasteiger partial charge in [0.1, 0.15) is 5.82 Å². The van der Waals surface area contributed by atoms with Crippen molar-refractivity contribution in [1.82, 2.24) is 19.8 Å². The maximum absolute atomic E-state index is 4.67. The number of fused-ring (bicyclic) bond motifs is 1. The van der Waals surface area contributed by atoms with E-state index in [1.165, 1.54) is 0 Å². The van der Waals surface area contributed by atoms with Crippen LogP contribution in [0.2, 0.25) is 0 Å². The molecule has 0 saturated carbocycles. The lowest BCUT2D eigenvalue weighted by molar-refractivity contribution is 0.526. The minimum Gasteiger partial charge on any atom is -0.358 e. The lowest BCUT2D eigenvalue weighted by Crippen LogP contribution is -2.22. The fraction of sp³-hybridized carbons (Fsp3) is 0.533. The summed E-state index contributed by atoms with van der Waals surface area (Å²) in [4.78, 5) is 2.15. The first-order valence-corrected chi connectivity index (χ1v) is 6.98. The Morgan fingerprint density at radius 3 is 2.70 bits per heavy atom. The van der Waals surface area contributed by atoms with Crippen LogP contribution in [-0.2, 0) is 5.41 Å². The average Bonchev–Trinajstić information content (AvgIpc) is 2.81. The molecule has 5 nitrogen and oxygen atoms in total. The molecule has 0 aliphatic rings. The molecule has 0 amide bonds. The third-order valence-corrected chi connectivity index (χ3v) is 3.21. The maximum Gasteiger partial charge on any atom is 0.178 e. The molecule has 0 saturated heterocycles. The summed E-state index contributed by atoms with van der Waals surface area (Å²) in [6, 6.07) is 3.96. The van der Waals surface area contributed by atoms with Crippen LogP contribution in [0.1, 0.15) is 39.4 Å². The van der Waals surface area contributed by atoms with Crippen LogP contribution in [0, 0.1) is 0 Å². The molecule has 2 aromatic rings. The number of hydrogen-bond acceptors (Lipinski definition) is 4. The molecule has 2 heterocycles. The highest BCUT2D eigenvalue weighted by Gasteiger charge is 2.22. The van der Waals surface area contributed by atoms with Crippen molar-refractivity contribution in [1.29, 1.82) is 0 Å². The number of anilines is 1. The van der Waals surface area contributed by atoms with Gasteiger partial charge in [-0.25, -0.2) is 0 Å². The van der Waals surface area contributed by atoms with Crippen LogP contribution in [0.4, 0.5) is 5.82 Å². The van der Waals surface area contributed by atoms with Crippen molar-refractivity contribution in [2.75, 3.05) is 18.5 Å². The SMILES string of the molecule is C=CCCCN(C)c1ccc2nnc(C(C)(C)C)n2n1. The molecule has 2 aromatic heterocycles. The normalized spacial score (nSPS) is 11.8. The third-order valence-electron chi connectivity index (χ3n) is 3.21. The molecule has 0 atom stereocenters. The molecule has 108 valence electrons. The molecule has 0 fully saturated rings. The summed E-state index contributed by atoms with van der Waals surface area (Å²) in [7, 11) is 2.05. The summed E-state index contributed by atoms with van der Waals surface area (Å²) in [6.07, 6.45) is 4.04. The van der Waals surface area contributed by atoms with Gasteiger partial charge in [-0.15, -0.1) is 21.9 Å². The van der Waals surface area contributed by atoms with Crippen molar-refractivity contribution in [2.45, 2.75) is 39.0 Å². The van der Waals surface area contributed by atoms with Crippen molar-refractivity contribution in [3.8, 4) is 0 Å². The molecule has 0 aromatic carbocycles. The number of hydrogen-bond donors (Lipinski definition) is 0. The van der Waals surface area contributed by atoms with Gasteiger partial charge in [-0.1, -0.05) is 26.8 Å². The van der Waals surface area contributed by atoms with E-state index in [4.69, 9.17) is 0 Å². The Bertz CT molecular complexity index is 594. The van der Waals surface area contributed by atoms with Gasteiger partial charge >= 0.3 is 0 Å². The predicted molar refractivity (Wildman–Crippen MR) is 82.2 cm³/mol. The number of aromatic nitrogens is 4. The zero-order valence-corrected chi connectivity index (χ0v) is 12.8. The molecule has 0 bridgehead atoms. The number of unbranched alkanes of at least 4 members (excludes halogenated alkanes) is 1.